The summed E-state index contributed by atoms with van der Waals surface area (Å²) in [4.78, 5) is 14.5. The van der Waals surface area contributed by atoms with Crippen molar-refractivity contribution in [3.8, 4) is 0 Å². The minimum absolute atomic E-state index is 0.0176. The summed E-state index contributed by atoms with van der Waals surface area (Å²) in [5.41, 5.74) is 1.79. The third-order valence-corrected chi connectivity index (χ3v) is 3.51. The van der Waals surface area contributed by atoms with Gasteiger partial charge in [-0.25, -0.2) is 0 Å². The third kappa shape index (κ3) is 1.87. The second kappa shape index (κ2) is 4.24. The molecule has 15 heavy (non-hydrogen) atoms. The molecule has 1 aliphatic heterocycles. The van der Waals surface area contributed by atoms with Crippen molar-refractivity contribution in [2.24, 2.45) is 0 Å². The normalized spacial score (nSPS) is 15.3. The Morgan fingerprint density at radius 1 is 1.53 bits per heavy atom. The Morgan fingerprint density at radius 3 is 3.00 bits per heavy atom. The lowest BCUT2D eigenvalue weighted by Crippen LogP contribution is -2.35. The molecule has 2 rings (SSSR count). The number of hydrogen-bond acceptors (Lipinski definition) is 3. The highest BCUT2D eigenvalue weighted by Crippen LogP contribution is 2.35. The first-order valence-corrected chi connectivity index (χ1v) is 5.91. The Labute approximate surface area is 93.1 Å². The van der Waals surface area contributed by atoms with E-state index >= 15 is 0 Å². The van der Waals surface area contributed by atoms with E-state index in [1.807, 2.05) is 25.1 Å². The van der Waals surface area contributed by atoms with Crippen molar-refractivity contribution in [2.45, 2.75) is 18.4 Å². The quantitative estimate of drug-likeness (QED) is 0.828. The molecular weight excluding hydrogens is 210 g/mol. The van der Waals surface area contributed by atoms with Crippen molar-refractivity contribution in [1.82, 2.24) is 0 Å². The van der Waals surface area contributed by atoms with Crippen LogP contribution in [0.4, 0.5) is 5.69 Å². The van der Waals surface area contributed by atoms with Crippen LogP contribution in [0.15, 0.2) is 23.1 Å². The van der Waals surface area contributed by atoms with Crippen LogP contribution in [-0.2, 0) is 11.4 Å². The van der Waals surface area contributed by atoms with E-state index < -0.39 is 0 Å². The van der Waals surface area contributed by atoms with Gasteiger partial charge in [0, 0.05) is 11.4 Å². The molecule has 0 saturated heterocycles. The number of carbonyl (C=O) groups excluding carboxylic acids is 1. The van der Waals surface area contributed by atoms with Gasteiger partial charge in [0.1, 0.15) is 0 Å². The van der Waals surface area contributed by atoms with Crippen LogP contribution in [0.3, 0.4) is 0 Å². The Hall–Kier alpha value is -1.00. The fourth-order valence-corrected chi connectivity index (χ4v) is 2.61. The van der Waals surface area contributed by atoms with E-state index in [-0.39, 0.29) is 12.5 Å². The maximum Gasteiger partial charge on any atom is 0.237 e. The summed E-state index contributed by atoms with van der Waals surface area (Å²) in [6.07, 6.45) is 0. The summed E-state index contributed by atoms with van der Waals surface area (Å²) >= 11 is 1.56. The maximum atomic E-state index is 11.6. The van der Waals surface area contributed by atoms with Crippen LogP contribution in [0, 0.1) is 0 Å². The van der Waals surface area contributed by atoms with Gasteiger partial charge in [-0.05, 0) is 24.6 Å². The van der Waals surface area contributed by atoms with E-state index in [0.29, 0.717) is 12.3 Å². The molecule has 1 amide bonds. The first-order chi connectivity index (χ1) is 7.26. The summed E-state index contributed by atoms with van der Waals surface area (Å²) in [5, 5.41) is 9.05. The lowest BCUT2D eigenvalue weighted by Gasteiger charge is -2.28. The molecule has 0 aliphatic carbocycles. The molecule has 3 nitrogen and oxygen atoms in total. The highest BCUT2D eigenvalue weighted by Gasteiger charge is 2.23. The highest BCUT2D eigenvalue weighted by atomic mass is 32.2. The van der Waals surface area contributed by atoms with Gasteiger partial charge in [-0.1, -0.05) is 6.07 Å². The van der Waals surface area contributed by atoms with Crippen molar-refractivity contribution >= 4 is 23.4 Å². The molecule has 4 heteroatoms. The number of carbonyl (C=O) groups is 1. The third-order valence-electron chi connectivity index (χ3n) is 2.47. The summed E-state index contributed by atoms with van der Waals surface area (Å²) in [6.45, 7) is 2.66. The van der Waals surface area contributed by atoms with Crippen molar-refractivity contribution in [3.63, 3.8) is 0 Å². The molecule has 0 aromatic heterocycles. The number of hydrogen-bond donors (Lipinski definition) is 1. The van der Waals surface area contributed by atoms with Gasteiger partial charge in [0.2, 0.25) is 5.91 Å². The largest absolute Gasteiger partial charge is 0.392 e. The Kier molecular flexibility index (Phi) is 2.98. The number of anilines is 1. The number of aliphatic hydroxyl groups is 1. The number of fused-ring (bicyclic) bond motifs is 1. The molecule has 1 heterocycles. The predicted molar refractivity (Wildman–Crippen MR) is 61.1 cm³/mol. The number of amides is 1. The maximum absolute atomic E-state index is 11.6. The first-order valence-electron chi connectivity index (χ1n) is 4.93. The topological polar surface area (TPSA) is 40.5 Å². The Balaban J connectivity index is 2.45. The smallest absolute Gasteiger partial charge is 0.237 e. The van der Waals surface area contributed by atoms with Crippen LogP contribution in [0.5, 0.6) is 0 Å². The van der Waals surface area contributed by atoms with Crippen LogP contribution in [0.25, 0.3) is 0 Å². The Bertz CT molecular complexity index is 392. The summed E-state index contributed by atoms with van der Waals surface area (Å²) in [6, 6.07) is 5.76. The Morgan fingerprint density at radius 2 is 2.33 bits per heavy atom. The zero-order chi connectivity index (χ0) is 10.8. The molecule has 80 valence electrons. The zero-order valence-corrected chi connectivity index (χ0v) is 9.38. The number of benzene rings is 1. The summed E-state index contributed by atoms with van der Waals surface area (Å²) in [7, 11) is 0. The lowest BCUT2D eigenvalue weighted by atomic mass is 10.2. The van der Waals surface area contributed by atoms with E-state index in [2.05, 4.69) is 0 Å². The lowest BCUT2D eigenvalue weighted by molar-refractivity contribution is -0.116. The van der Waals surface area contributed by atoms with Gasteiger partial charge in [0.15, 0.2) is 0 Å². The van der Waals surface area contributed by atoms with Crippen LogP contribution in [0.1, 0.15) is 12.5 Å². The van der Waals surface area contributed by atoms with Gasteiger partial charge in [0.25, 0.3) is 0 Å². The van der Waals surface area contributed by atoms with E-state index in [1.54, 1.807) is 16.7 Å². The van der Waals surface area contributed by atoms with Crippen molar-refractivity contribution < 1.29 is 9.90 Å². The molecule has 1 aromatic carbocycles. The number of thioether (sulfide) groups is 1. The second-order valence-electron chi connectivity index (χ2n) is 3.39. The molecule has 0 atom stereocenters. The average Bonchev–Trinajstić information content (AvgIpc) is 2.28. The second-order valence-corrected chi connectivity index (χ2v) is 4.40. The highest BCUT2D eigenvalue weighted by molar-refractivity contribution is 8.00. The van der Waals surface area contributed by atoms with Crippen molar-refractivity contribution in [1.29, 1.82) is 0 Å². The van der Waals surface area contributed by atoms with Gasteiger partial charge in [-0.2, -0.15) is 0 Å². The number of aliphatic hydroxyl groups excluding tert-OH is 1. The molecular formula is C11H13NO2S. The van der Waals surface area contributed by atoms with Crippen LogP contribution in [0.2, 0.25) is 0 Å². The minimum atomic E-state index is 0.0176. The fourth-order valence-electron chi connectivity index (χ4n) is 1.69. The fraction of sp³-hybridized carbons (Fsp3) is 0.364. The van der Waals surface area contributed by atoms with Gasteiger partial charge >= 0.3 is 0 Å². The monoisotopic (exact) mass is 223 g/mol. The number of nitrogens with zero attached hydrogens (tertiary/aromatic N) is 1. The van der Waals surface area contributed by atoms with Crippen molar-refractivity contribution in [2.75, 3.05) is 17.2 Å². The van der Waals surface area contributed by atoms with Gasteiger partial charge in [-0.15, -0.1) is 11.8 Å². The SMILES string of the molecule is CCN1C(=O)CSc2ccc(CO)cc21. The summed E-state index contributed by atoms with van der Waals surface area (Å²) in [5.74, 6) is 0.657. The molecule has 1 aliphatic rings. The molecule has 1 N–H and O–H groups in total. The van der Waals surface area contributed by atoms with Crippen molar-refractivity contribution in [3.05, 3.63) is 23.8 Å². The van der Waals surface area contributed by atoms with E-state index in [4.69, 9.17) is 5.11 Å². The molecule has 0 unspecified atom stereocenters. The average molecular weight is 223 g/mol. The van der Waals surface area contributed by atoms with E-state index in [0.717, 1.165) is 16.1 Å². The first kappa shape index (κ1) is 10.5. The van der Waals surface area contributed by atoms with E-state index in [1.165, 1.54) is 0 Å². The molecule has 0 radical (unpaired) electrons. The minimum Gasteiger partial charge on any atom is -0.392 e. The van der Waals surface area contributed by atoms with Crippen LogP contribution < -0.4 is 4.90 Å². The van der Waals surface area contributed by atoms with Gasteiger partial charge in [-0.3, -0.25) is 4.79 Å². The molecule has 0 spiro atoms. The molecule has 0 fully saturated rings. The van der Waals surface area contributed by atoms with Gasteiger partial charge in [0.05, 0.1) is 18.0 Å². The molecule has 0 saturated carbocycles. The van der Waals surface area contributed by atoms with Crippen LogP contribution >= 0.6 is 11.8 Å². The zero-order valence-electron chi connectivity index (χ0n) is 8.56. The molecule has 1 aromatic rings. The standard InChI is InChI=1S/C11H13NO2S/c1-2-12-9-5-8(6-13)3-4-10(9)15-7-11(12)14/h3-5,13H,2,6-7H2,1H3. The van der Waals surface area contributed by atoms with Gasteiger partial charge < -0.3 is 10.0 Å². The predicted octanol–water partition coefficient (Wildman–Crippen LogP) is 1.64. The number of rotatable bonds is 2. The summed E-state index contributed by atoms with van der Waals surface area (Å²) < 4.78 is 0. The molecule has 0 bridgehead atoms. The van der Waals surface area contributed by atoms with Crippen LogP contribution in [-0.4, -0.2) is 23.3 Å². The van der Waals surface area contributed by atoms with E-state index in [9.17, 15) is 4.79 Å².